The van der Waals surface area contributed by atoms with Crippen molar-refractivity contribution < 1.29 is 10.0 Å². The van der Waals surface area contributed by atoms with E-state index in [1.54, 1.807) is 18.2 Å². The molecule has 0 aromatic heterocycles. The Labute approximate surface area is 124 Å². The lowest BCUT2D eigenvalue weighted by Gasteiger charge is -2.33. The van der Waals surface area contributed by atoms with Crippen molar-refractivity contribution in [2.45, 2.75) is 0 Å². The van der Waals surface area contributed by atoms with Crippen molar-refractivity contribution in [1.82, 2.24) is 9.80 Å². The average Bonchev–Trinajstić information content (AvgIpc) is 2.50. The van der Waals surface area contributed by atoms with Crippen LogP contribution in [-0.4, -0.2) is 65.7 Å². The summed E-state index contributed by atoms with van der Waals surface area (Å²) >= 11 is 0. The smallest absolute Gasteiger partial charge is 0.276 e. The highest BCUT2D eigenvalue weighted by molar-refractivity contribution is 5.60. The molecule has 0 bridgehead atoms. The predicted octanol–water partition coefficient (Wildman–Crippen LogP) is 1.22. The van der Waals surface area contributed by atoms with Gasteiger partial charge in [-0.2, -0.15) is 0 Å². The first kappa shape index (κ1) is 15.6. The molecule has 21 heavy (non-hydrogen) atoms. The average molecular weight is 291 g/mol. The fourth-order valence-electron chi connectivity index (χ4n) is 2.46. The van der Waals surface area contributed by atoms with Crippen molar-refractivity contribution in [3.8, 4) is 0 Å². The first-order chi connectivity index (χ1) is 10.2. The molecular weight excluding hydrogens is 270 g/mol. The number of nitrogens with zero attached hydrogens (tertiary/aromatic N) is 3. The van der Waals surface area contributed by atoms with Crippen LogP contribution in [0.2, 0.25) is 0 Å². The normalized spacial score (nSPS) is 17.4. The molecule has 0 radical (unpaired) electrons. The molecule has 1 aromatic carbocycles. The zero-order valence-electron chi connectivity index (χ0n) is 12.0. The Hall–Kier alpha value is -1.76. The van der Waals surface area contributed by atoms with E-state index in [2.05, 4.69) is 9.80 Å². The molecule has 1 saturated heterocycles. The molecule has 114 valence electrons. The van der Waals surface area contributed by atoms with Crippen molar-refractivity contribution in [3.05, 3.63) is 46.0 Å². The van der Waals surface area contributed by atoms with Gasteiger partial charge in [-0.05, 0) is 6.07 Å². The van der Waals surface area contributed by atoms with E-state index in [0.717, 1.165) is 39.3 Å². The Morgan fingerprint density at radius 3 is 2.52 bits per heavy atom. The summed E-state index contributed by atoms with van der Waals surface area (Å²) in [5.74, 6) is 0. The van der Waals surface area contributed by atoms with Crippen LogP contribution in [0.4, 0.5) is 5.69 Å². The number of hydrogen-bond acceptors (Lipinski definition) is 5. The maximum Gasteiger partial charge on any atom is 0.276 e. The second-order valence-corrected chi connectivity index (χ2v) is 5.08. The van der Waals surface area contributed by atoms with Crippen LogP contribution in [0.25, 0.3) is 6.08 Å². The Morgan fingerprint density at radius 1 is 1.19 bits per heavy atom. The van der Waals surface area contributed by atoms with Crippen LogP contribution in [-0.2, 0) is 0 Å². The van der Waals surface area contributed by atoms with Gasteiger partial charge < -0.3 is 5.11 Å². The van der Waals surface area contributed by atoms with Crippen LogP contribution in [0, 0.1) is 10.1 Å². The third kappa shape index (κ3) is 4.63. The number of aliphatic hydroxyl groups excluding tert-OH is 1. The Morgan fingerprint density at radius 2 is 1.86 bits per heavy atom. The molecule has 0 saturated carbocycles. The lowest BCUT2D eigenvalue weighted by Crippen LogP contribution is -2.47. The Bertz CT molecular complexity index is 497. The van der Waals surface area contributed by atoms with E-state index in [-0.39, 0.29) is 17.2 Å². The second-order valence-electron chi connectivity index (χ2n) is 5.08. The first-order valence-electron chi connectivity index (χ1n) is 7.16. The second kappa shape index (κ2) is 7.87. The highest BCUT2D eigenvalue weighted by Gasteiger charge is 2.15. The SMILES string of the molecule is O=[N+]([O-])c1ccccc1C=CCN1CCN(CCO)CC1. The molecule has 0 spiro atoms. The van der Waals surface area contributed by atoms with Gasteiger partial charge in [-0.15, -0.1) is 0 Å². The number of aliphatic hydroxyl groups is 1. The lowest BCUT2D eigenvalue weighted by molar-refractivity contribution is -0.385. The summed E-state index contributed by atoms with van der Waals surface area (Å²) in [7, 11) is 0. The van der Waals surface area contributed by atoms with E-state index >= 15 is 0 Å². The number of rotatable bonds is 6. The molecule has 1 aliphatic heterocycles. The zero-order valence-corrected chi connectivity index (χ0v) is 12.0. The maximum atomic E-state index is 10.9. The number of para-hydroxylation sites is 1. The summed E-state index contributed by atoms with van der Waals surface area (Å²) < 4.78 is 0. The monoisotopic (exact) mass is 291 g/mol. The summed E-state index contributed by atoms with van der Waals surface area (Å²) in [6, 6.07) is 6.76. The van der Waals surface area contributed by atoms with Gasteiger partial charge in [-0.3, -0.25) is 19.9 Å². The number of nitro groups is 1. The standard InChI is InChI=1S/C15H21N3O3/c19-13-12-17-10-8-16(9-11-17)7-3-5-14-4-1-2-6-15(14)18(20)21/h1-6,19H,7-13H2. The van der Waals surface area contributed by atoms with Gasteiger partial charge in [0.25, 0.3) is 5.69 Å². The quantitative estimate of drug-likeness (QED) is 0.630. The van der Waals surface area contributed by atoms with Gasteiger partial charge in [0.05, 0.1) is 17.1 Å². The van der Waals surface area contributed by atoms with Crippen molar-refractivity contribution in [2.75, 3.05) is 45.9 Å². The van der Waals surface area contributed by atoms with E-state index in [0.29, 0.717) is 5.56 Å². The molecule has 6 nitrogen and oxygen atoms in total. The van der Waals surface area contributed by atoms with E-state index in [4.69, 9.17) is 5.11 Å². The first-order valence-corrected chi connectivity index (χ1v) is 7.16. The van der Waals surface area contributed by atoms with E-state index < -0.39 is 0 Å². The number of benzene rings is 1. The van der Waals surface area contributed by atoms with Crippen LogP contribution in [0.5, 0.6) is 0 Å². The van der Waals surface area contributed by atoms with Gasteiger partial charge in [0.2, 0.25) is 0 Å². The van der Waals surface area contributed by atoms with Crippen molar-refractivity contribution in [3.63, 3.8) is 0 Å². The molecule has 0 unspecified atom stereocenters. The number of piperazine rings is 1. The maximum absolute atomic E-state index is 10.9. The third-order valence-corrected chi connectivity index (χ3v) is 3.68. The van der Waals surface area contributed by atoms with Gasteiger partial charge in [-0.1, -0.05) is 24.3 Å². The van der Waals surface area contributed by atoms with Gasteiger partial charge in [0, 0.05) is 45.3 Å². The molecule has 2 rings (SSSR count). The Kier molecular flexibility index (Phi) is 5.86. The summed E-state index contributed by atoms with van der Waals surface area (Å²) in [5.41, 5.74) is 0.780. The minimum atomic E-state index is -0.354. The van der Waals surface area contributed by atoms with Crippen molar-refractivity contribution >= 4 is 11.8 Å². The van der Waals surface area contributed by atoms with Gasteiger partial charge in [0.1, 0.15) is 0 Å². The van der Waals surface area contributed by atoms with Crippen LogP contribution in [0.1, 0.15) is 5.56 Å². The fourth-order valence-corrected chi connectivity index (χ4v) is 2.46. The largest absolute Gasteiger partial charge is 0.395 e. The van der Waals surface area contributed by atoms with E-state index in [1.165, 1.54) is 6.07 Å². The third-order valence-electron chi connectivity index (χ3n) is 3.68. The number of β-amino-alcohol motifs (C(OH)–C–C–N with tert-alkyl or cyclic N) is 1. The van der Waals surface area contributed by atoms with Crippen molar-refractivity contribution in [1.29, 1.82) is 0 Å². The zero-order chi connectivity index (χ0) is 15.1. The molecule has 1 N–H and O–H groups in total. The highest BCUT2D eigenvalue weighted by Crippen LogP contribution is 2.18. The molecular formula is C15H21N3O3. The van der Waals surface area contributed by atoms with Crippen molar-refractivity contribution in [2.24, 2.45) is 0 Å². The van der Waals surface area contributed by atoms with Crippen LogP contribution in [0.15, 0.2) is 30.3 Å². The molecule has 1 aliphatic rings. The lowest BCUT2D eigenvalue weighted by atomic mass is 10.1. The molecule has 0 aliphatic carbocycles. The molecule has 1 aromatic rings. The summed E-state index contributed by atoms with van der Waals surface area (Å²) in [6.07, 6.45) is 3.79. The summed E-state index contributed by atoms with van der Waals surface area (Å²) in [5, 5.41) is 19.8. The van der Waals surface area contributed by atoms with Gasteiger partial charge in [0.15, 0.2) is 0 Å². The topological polar surface area (TPSA) is 69.9 Å². The Balaban J connectivity index is 1.85. The molecule has 0 atom stereocenters. The predicted molar refractivity (Wildman–Crippen MR) is 82.1 cm³/mol. The van der Waals surface area contributed by atoms with Crippen LogP contribution >= 0.6 is 0 Å². The molecule has 1 heterocycles. The number of hydrogen-bond donors (Lipinski definition) is 1. The van der Waals surface area contributed by atoms with E-state index in [9.17, 15) is 10.1 Å². The minimum Gasteiger partial charge on any atom is -0.395 e. The van der Waals surface area contributed by atoms with Gasteiger partial charge >= 0.3 is 0 Å². The van der Waals surface area contributed by atoms with Crippen LogP contribution in [0.3, 0.4) is 0 Å². The minimum absolute atomic E-state index is 0.140. The molecule has 0 amide bonds. The molecule has 1 fully saturated rings. The highest BCUT2D eigenvalue weighted by atomic mass is 16.6. The summed E-state index contributed by atoms with van der Waals surface area (Å²) in [4.78, 5) is 15.1. The molecule has 6 heteroatoms. The summed E-state index contributed by atoms with van der Waals surface area (Å²) in [6.45, 7) is 5.57. The fraction of sp³-hybridized carbons (Fsp3) is 0.467. The van der Waals surface area contributed by atoms with Gasteiger partial charge in [-0.25, -0.2) is 0 Å². The van der Waals surface area contributed by atoms with Crippen LogP contribution < -0.4 is 0 Å². The number of nitro benzene ring substituents is 1. The van der Waals surface area contributed by atoms with E-state index in [1.807, 2.05) is 12.2 Å².